The number of amidine groups is 1. The summed E-state index contributed by atoms with van der Waals surface area (Å²) in [6.07, 6.45) is 5.42. The molecule has 11 heavy (non-hydrogen) atoms. The lowest BCUT2D eigenvalue weighted by Gasteiger charge is -1.96. The van der Waals surface area contributed by atoms with E-state index in [0.717, 1.165) is 13.1 Å². The number of hydrogen-bond donors (Lipinski definition) is 1. The highest BCUT2D eigenvalue weighted by Crippen LogP contribution is 1.85. The van der Waals surface area contributed by atoms with Crippen LogP contribution in [0.15, 0.2) is 23.7 Å². The Balaban J connectivity index is 2.30. The minimum atomic E-state index is 0.630. The van der Waals surface area contributed by atoms with Gasteiger partial charge in [0.25, 0.3) is 0 Å². The van der Waals surface area contributed by atoms with E-state index in [4.69, 9.17) is 5.73 Å². The van der Waals surface area contributed by atoms with Crippen LogP contribution in [-0.4, -0.2) is 21.9 Å². The first-order valence-electron chi connectivity index (χ1n) is 3.51. The first kappa shape index (κ1) is 7.78. The minimum Gasteiger partial charge on any atom is -0.388 e. The van der Waals surface area contributed by atoms with E-state index in [2.05, 4.69) is 9.98 Å². The minimum absolute atomic E-state index is 0.630. The molecule has 1 rings (SSSR count). The zero-order chi connectivity index (χ0) is 8.10. The largest absolute Gasteiger partial charge is 0.388 e. The Morgan fingerprint density at radius 3 is 3.09 bits per heavy atom. The van der Waals surface area contributed by atoms with Crippen LogP contribution in [0.2, 0.25) is 0 Å². The molecule has 0 radical (unpaired) electrons. The van der Waals surface area contributed by atoms with Gasteiger partial charge in [0.15, 0.2) is 0 Å². The molecule has 0 atom stereocenters. The maximum Gasteiger partial charge on any atom is 0.0946 e. The highest BCUT2D eigenvalue weighted by molar-refractivity contribution is 5.77. The standard InChI is InChI=1S/C7H12N4/c1-7(8)10-3-5-11-4-2-9-6-11/h2,4,6H,3,5H2,1H3,(H2,8,10). The molecule has 0 unspecified atom stereocenters. The average Bonchev–Trinajstić information content (AvgIpc) is 2.39. The third-order valence-electron chi connectivity index (χ3n) is 1.28. The van der Waals surface area contributed by atoms with E-state index in [-0.39, 0.29) is 0 Å². The van der Waals surface area contributed by atoms with E-state index in [9.17, 15) is 0 Å². The summed E-state index contributed by atoms with van der Waals surface area (Å²) in [7, 11) is 0. The van der Waals surface area contributed by atoms with E-state index in [1.54, 1.807) is 19.4 Å². The second-order valence-electron chi connectivity index (χ2n) is 2.32. The van der Waals surface area contributed by atoms with Crippen molar-refractivity contribution in [1.82, 2.24) is 9.55 Å². The second-order valence-corrected chi connectivity index (χ2v) is 2.32. The molecule has 60 valence electrons. The topological polar surface area (TPSA) is 56.2 Å². The van der Waals surface area contributed by atoms with Crippen molar-refractivity contribution >= 4 is 5.84 Å². The molecule has 0 aliphatic rings. The number of aromatic nitrogens is 2. The normalized spacial score (nSPS) is 11.9. The highest BCUT2D eigenvalue weighted by Gasteiger charge is 1.86. The zero-order valence-electron chi connectivity index (χ0n) is 6.57. The molecule has 1 heterocycles. The molecule has 1 aromatic heterocycles. The van der Waals surface area contributed by atoms with Gasteiger partial charge < -0.3 is 10.3 Å². The van der Waals surface area contributed by atoms with Crippen molar-refractivity contribution in [3.05, 3.63) is 18.7 Å². The predicted octanol–water partition coefficient (Wildman–Crippen LogP) is 0.260. The lowest BCUT2D eigenvalue weighted by Crippen LogP contribution is -2.08. The van der Waals surface area contributed by atoms with Crippen molar-refractivity contribution in [3.8, 4) is 0 Å². The summed E-state index contributed by atoms with van der Waals surface area (Å²) in [6.45, 7) is 3.35. The van der Waals surface area contributed by atoms with Gasteiger partial charge in [-0.15, -0.1) is 0 Å². The number of hydrogen-bond acceptors (Lipinski definition) is 2. The highest BCUT2D eigenvalue weighted by atomic mass is 15.0. The Labute approximate surface area is 65.8 Å². The number of imidazole rings is 1. The fourth-order valence-corrected chi connectivity index (χ4v) is 0.761. The van der Waals surface area contributed by atoms with Gasteiger partial charge in [-0.25, -0.2) is 4.98 Å². The zero-order valence-corrected chi connectivity index (χ0v) is 6.57. The maximum absolute atomic E-state index is 5.36. The van der Waals surface area contributed by atoms with Crippen LogP contribution in [0.3, 0.4) is 0 Å². The summed E-state index contributed by atoms with van der Waals surface area (Å²) in [5.74, 6) is 0.630. The lowest BCUT2D eigenvalue weighted by atomic mass is 10.6. The SMILES string of the molecule is CC(N)=NCCn1ccnc1. The van der Waals surface area contributed by atoms with Gasteiger partial charge in [-0.3, -0.25) is 4.99 Å². The van der Waals surface area contributed by atoms with Crippen molar-refractivity contribution in [2.75, 3.05) is 6.54 Å². The van der Waals surface area contributed by atoms with Gasteiger partial charge in [-0.1, -0.05) is 0 Å². The summed E-state index contributed by atoms with van der Waals surface area (Å²) in [5, 5.41) is 0. The molecule has 2 N–H and O–H groups in total. The summed E-state index contributed by atoms with van der Waals surface area (Å²) >= 11 is 0. The van der Waals surface area contributed by atoms with Gasteiger partial charge in [0.2, 0.25) is 0 Å². The van der Waals surface area contributed by atoms with E-state index >= 15 is 0 Å². The van der Waals surface area contributed by atoms with Crippen LogP contribution in [0.25, 0.3) is 0 Å². The molecule has 0 aromatic carbocycles. The van der Waals surface area contributed by atoms with Gasteiger partial charge in [-0.05, 0) is 6.92 Å². The lowest BCUT2D eigenvalue weighted by molar-refractivity contribution is 0.708. The Morgan fingerprint density at radius 1 is 1.73 bits per heavy atom. The smallest absolute Gasteiger partial charge is 0.0946 e. The molecule has 0 aliphatic heterocycles. The van der Waals surface area contributed by atoms with E-state index in [0.29, 0.717) is 5.84 Å². The van der Waals surface area contributed by atoms with Gasteiger partial charge in [0.1, 0.15) is 0 Å². The second kappa shape index (κ2) is 3.75. The monoisotopic (exact) mass is 152 g/mol. The Kier molecular flexibility index (Phi) is 2.66. The van der Waals surface area contributed by atoms with Crippen LogP contribution in [0, 0.1) is 0 Å². The van der Waals surface area contributed by atoms with Crippen LogP contribution >= 0.6 is 0 Å². The number of aliphatic imine (C=N–C) groups is 1. The molecular weight excluding hydrogens is 140 g/mol. The van der Waals surface area contributed by atoms with Crippen LogP contribution in [0.1, 0.15) is 6.92 Å². The Bertz CT molecular complexity index is 221. The first-order chi connectivity index (χ1) is 5.29. The van der Waals surface area contributed by atoms with Crippen molar-refractivity contribution in [1.29, 1.82) is 0 Å². The summed E-state index contributed by atoms with van der Waals surface area (Å²) < 4.78 is 1.96. The molecule has 0 spiro atoms. The first-order valence-corrected chi connectivity index (χ1v) is 3.51. The van der Waals surface area contributed by atoms with Crippen molar-refractivity contribution in [2.24, 2.45) is 10.7 Å². The quantitative estimate of drug-likeness (QED) is 0.499. The van der Waals surface area contributed by atoms with E-state index < -0.39 is 0 Å². The molecule has 0 saturated heterocycles. The molecule has 0 amide bonds. The van der Waals surface area contributed by atoms with Crippen LogP contribution in [0.5, 0.6) is 0 Å². The van der Waals surface area contributed by atoms with Crippen LogP contribution in [-0.2, 0) is 6.54 Å². The summed E-state index contributed by atoms with van der Waals surface area (Å²) in [4.78, 5) is 7.95. The average molecular weight is 152 g/mol. The molecular formula is C7H12N4. The molecule has 0 aliphatic carbocycles. The fourth-order valence-electron chi connectivity index (χ4n) is 0.761. The number of rotatable bonds is 3. The molecule has 0 fully saturated rings. The van der Waals surface area contributed by atoms with Crippen LogP contribution in [0.4, 0.5) is 0 Å². The third kappa shape index (κ3) is 2.84. The van der Waals surface area contributed by atoms with Gasteiger partial charge >= 0.3 is 0 Å². The summed E-state index contributed by atoms with van der Waals surface area (Å²) in [5.41, 5.74) is 5.36. The number of nitrogens with zero attached hydrogens (tertiary/aromatic N) is 3. The Hall–Kier alpha value is -1.32. The van der Waals surface area contributed by atoms with Gasteiger partial charge in [0.05, 0.1) is 18.7 Å². The molecule has 0 bridgehead atoms. The molecule has 4 nitrogen and oxygen atoms in total. The van der Waals surface area contributed by atoms with Crippen LogP contribution < -0.4 is 5.73 Å². The Morgan fingerprint density at radius 2 is 2.55 bits per heavy atom. The van der Waals surface area contributed by atoms with E-state index in [1.165, 1.54) is 0 Å². The summed E-state index contributed by atoms with van der Waals surface area (Å²) in [6, 6.07) is 0. The van der Waals surface area contributed by atoms with Crippen molar-refractivity contribution in [3.63, 3.8) is 0 Å². The van der Waals surface area contributed by atoms with E-state index in [1.807, 2.05) is 10.8 Å². The van der Waals surface area contributed by atoms with Gasteiger partial charge in [0, 0.05) is 18.9 Å². The third-order valence-corrected chi connectivity index (χ3v) is 1.28. The predicted molar refractivity (Wildman–Crippen MR) is 44.4 cm³/mol. The van der Waals surface area contributed by atoms with Crippen molar-refractivity contribution < 1.29 is 0 Å². The number of nitrogens with two attached hydrogens (primary N) is 1. The maximum atomic E-state index is 5.36. The molecule has 0 saturated carbocycles. The van der Waals surface area contributed by atoms with Gasteiger partial charge in [-0.2, -0.15) is 0 Å². The molecule has 4 heteroatoms. The fraction of sp³-hybridized carbons (Fsp3) is 0.429. The molecule has 1 aromatic rings. The van der Waals surface area contributed by atoms with Crippen molar-refractivity contribution in [2.45, 2.75) is 13.5 Å².